The molecule has 1 heterocycles. The van der Waals surface area contributed by atoms with Crippen LogP contribution in [0.1, 0.15) is 26.3 Å². The molecule has 1 N–H and O–H groups in total. The van der Waals surface area contributed by atoms with Crippen LogP contribution < -0.4 is 10.1 Å². The van der Waals surface area contributed by atoms with Crippen LogP contribution >= 0.6 is 0 Å². The summed E-state index contributed by atoms with van der Waals surface area (Å²) in [5.41, 5.74) is 0.561. The number of carbonyl (C=O) groups is 1. The van der Waals surface area contributed by atoms with Crippen molar-refractivity contribution in [2.75, 3.05) is 6.61 Å². The molecule has 3 aromatic rings. The quantitative estimate of drug-likeness (QED) is 0.577. The van der Waals surface area contributed by atoms with Crippen molar-refractivity contribution < 1.29 is 14.3 Å². The molecule has 2 aromatic carbocycles. The van der Waals surface area contributed by atoms with Gasteiger partial charge in [-0.15, -0.1) is 5.10 Å². The summed E-state index contributed by atoms with van der Waals surface area (Å²) in [5.74, 6) is 0.484. The minimum atomic E-state index is -0.554. The Kier molecular flexibility index (Phi) is 7.01. The number of fused-ring (bicyclic) bond motifs is 1. The zero-order valence-electron chi connectivity index (χ0n) is 17.5. The molecule has 0 radical (unpaired) electrons. The Morgan fingerprint density at radius 1 is 1.10 bits per heavy atom. The molecule has 0 aliphatic carbocycles. The third-order valence-corrected chi connectivity index (χ3v) is 4.22. The number of hydrogen-bond donors (Lipinski definition) is 1. The van der Waals surface area contributed by atoms with Gasteiger partial charge >= 0.3 is 6.09 Å². The highest BCUT2D eigenvalue weighted by molar-refractivity contribution is 5.85. The molecule has 1 atom stereocenters. The molecule has 1 amide bonds. The third kappa shape index (κ3) is 6.58. The van der Waals surface area contributed by atoms with Crippen molar-refractivity contribution in [3.05, 3.63) is 78.5 Å². The first-order valence-electron chi connectivity index (χ1n) is 9.94. The van der Waals surface area contributed by atoms with Crippen LogP contribution in [0.25, 0.3) is 10.8 Å². The van der Waals surface area contributed by atoms with Gasteiger partial charge in [-0.1, -0.05) is 54.6 Å². The van der Waals surface area contributed by atoms with E-state index in [0.717, 1.165) is 16.3 Å². The van der Waals surface area contributed by atoms with E-state index in [1.807, 2.05) is 87.5 Å². The number of amides is 1. The number of rotatable bonds is 7. The Balaban J connectivity index is 1.65. The third-order valence-electron chi connectivity index (χ3n) is 4.22. The highest BCUT2D eigenvalue weighted by Gasteiger charge is 2.18. The monoisotopic (exact) mass is 405 g/mol. The molecule has 0 bridgehead atoms. The molecule has 0 saturated carbocycles. The molecule has 0 unspecified atom stereocenters. The Morgan fingerprint density at radius 2 is 1.83 bits per heavy atom. The number of carbonyl (C=O) groups excluding carboxylic acids is 1. The lowest BCUT2D eigenvalue weighted by molar-refractivity contribution is 0.0514. The number of benzene rings is 2. The van der Waals surface area contributed by atoms with Gasteiger partial charge in [-0.3, -0.25) is 0 Å². The normalized spacial score (nSPS) is 12.6. The fourth-order valence-corrected chi connectivity index (χ4v) is 2.95. The second-order valence-corrected chi connectivity index (χ2v) is 7.92. The van der Waals surface area contributed by atoms with Gasteiger partial charge in [-0.2, -0.15) is 5.10 Å². The zero-order chi connectivity index (χ0) is 21.4. The summed E-state index contributed by atoms with van der Waals surface area (Å²) in [7, 11) is 0. The molecule has 0 fully saturated rings. The summed E-state index contributed by atoms with van der Waals surface area (Å²) in [6.45, 7) is 5.83. The van der Waals surface area contributed by atoms with Gasteiger partial charge in [-0.05, 0) is 44.9 Å². The highest BCUT2D eigenvalue weighted by atomic mass is 16.6. The topological polar surface area (TPSA) is 73.3 Å². The van der Waals surface area contributed by atoms with Crippen molar-refractivity contribution in [1.82, 2.24) is 15.5 Å². The Hall–Kier alpha value is -3.41. The van der Waals surface area contributed by atoms with E-state index >= 15 is 0 Å². The van der Waals surface area contributed by atoms with E-state index in [-0.39, 0.29) is 6.04 Å². The zero-order valence-corrected chi connectivity index (χ0v) is 17.5. The molecule has 3 rings (SSSR count). The van der Waals surface area contributed by atoms with Crippen molar-refractivity contribution in [3.8, 4) is 5.88 Å². The van der Waals surface area contributed by atoms with Gasteiger partial charge in [-0.25, -0.2) is 4.79 Å². The SMILES string of the molecule is CC(C)(C)OC(=O)N[C@H](/C=C/COc1nncc2ccccc12)Cc1ccccc1. The highest BCUT2D eigenvalue weighted by Crippen LogP contribution is 2.21. The maximum atomic E-state index is 12.2. The molecule has 156 valence electrons. The van der Waals surface area contributed by atoms with Gasteiger partial charge in [0, 0.05) is 10.8 Å². The van der Waals surface area contributed by atoms with E-state index in [1.165, 1.54) is 0 Å². The Morgan fingerprint density at radius 3 is 2.60 bits per heavy atom. The molecule has 0 aliphatic heterocycles. The first kappa shape index (κ1) is 21.3. The van der Waals surface area contributed by atoms with Crippen LogP contribution in [0.5, 0.6) is 5.88 Å². The van der Waals surface area contributed by atoms with Crippen molar-refractivity contribution in [2.24, 2.45) is 0 Å². The maximum absolute atomic E-state index is 12.2. The van der Waals surface area contributed by atoms with Crippen molar-refractivity contribution in [1.29, 1.82) is 0 Å². The standard InChI is InChI=1S/C24H27N3O3/c1-24(2,3)30-23(28)26-20(16-18-10-5-4-6-11-18)13-9-15-29-22-21-14-8-7-12-19(21)17-25-27-22/h4-14,17,20H,15-16H2,1-3H3,(H,26,28)/b13-9+/t20-/m1/s1. The second-order valence-electron chi connectivity index (χ2n) is 7.92. The predicted octanol–water partition coefficient (Wildman–Crippen LogP) is 4.70. The van der Waals surface area contributed by atoms with Crippen LogP contribution in [0.15, 0.2) is 72.9 Å². The molecular weight excluding hydrogens is 378 g/mol. The fraction of sp³-hybridized carbons (Fsp3) is 0.292. The summed E-state index contributed by atoms with van der Waals surface area (Å²) in [6.07, 6.45) is 5.68. The summed E-state index contributed by atoms with van der Waals surface area (Å²) in [6, 6.07) is 17.5. The van der Waals surface area contributed by atoms with E-state index in [4.69, 9.17) is 9.47 Å². The van der Waals surface area contributed by atoms with Gasteiger partial charge in [0.05, 0.1) is 12.2 Å². The van der Waals surface area contributed by atoms with Crippen LogP contribution in [0.2, 0.25) is 0 Å². The average Bonchev–Trinajstić information content (AvgIpc) is 2.70. The molecule has 1 aromatic heterocycles. The number of ether oxygens (including phenoxy) is 2. The molecule has 0 saturated heterocycles. The summed E-state index contributed by atoms with van der Waals surface area (Å²) >= 11 is 0. The predicted molar refractivity (Wildman–Crippen MR) is 117 cm³/mol. The summed E-state index contributed by atoms with van der Waals surface area (Å²) < 4.78 is 11.2. The largest absolute Gasteiger partial charge is 0.472 e. The molecule has 30 heavy (non-hydrogen) atoms. The lowest BCUT2D eigenvalue weighted by atomic mass is 10.1. The lowest BCUT2D eigenvalue weighted by Gasteiger charge is -2.22. The van der Waals surface area contributed by atoms with Crippen LogP contribution in [-0.2, 0) is 11.2 Å². The molecule has 0 aliphatic rings. The van der Waals surface area contributed by atoms with Crippen molar-refractivity contribution in [3.63, 3.8) is 0 Å². The molecule has 6 nitrogen and oxygen atoms in total. The van der Waals surface area contributed by atoms with Gasteiger partial charge in [0.25, 0.3) is 0 Å². The van der Waals surface area contributed by atoms with E-state index < -0.39 is 11.7 Å². The summed E-state index contributed by atoms with van der Waals surface area (Å²) in [5, 5.41) is 12.9. The minimum absolute atomic E-state index is 0.232. The maximum Gasteiger partial charge on any atom is 0.408 e. The van der Waals surface area contributed by atoms with Gasteiger partial charge < -0.3 is 14.8 Å². The fourth-order valence-electron chi connectivity index (χ4n) is 2.95. The van der Waals surface area contributed by atoms with Crippen molar-refractivity contribution >= 4 is 16.9 Å². The summed E-state index contributed by atoms with van der Waals surface area (Å²) in [4.78, 5) is 12.2. The number of alkyl carbamates (subject to hydrolysis) is 1. The first-order valence-corrected chi connectivity index (χ1v) is 9.94. The number of nitrogens with one attached hydrogen (secondary N) is 1. The van der Waals surface area contributed by atoms with E-state index in [2.05, 4.69) is 15.5 Å². The van der Waals surface area contributed by atoms with Crippen LogP contribution in [0.3, 0.4) is 0 Å². The number of hydrogen-bond acceptors (Lipinski definition) is 5. The number of nitrogens with zero attached hydrogens (tertiary/aromatic N) is 2. The smallest absolute Gasteiger partial charge is 0.408 e. The second kappa shape index (κ2) is 9.87. The van der Waals surface area contributed by atoms with E-state index in [0.29, 0.717) is 18.9 Å². The average molecular weight is 405 g/mol. The minimum Gasteiger partial charge on any atom is -0.472 e. The Labute approximate surface area is 176 Å². The molecular formula is C24H27N3O3. The van der Waals surface area contributed by atoms with Gasteiger partial charge in [0.2, 0.25) is 5.88 Å². The van der Waals surface area contributed by atoms with Crippen LogP contribution in [0.4, 0.5) is 4.79 Å². The van der Waals surface area contributed by atoms with Crippen LogP contribution in [-0.4, -0.2) is 34.5 Å². The van der Waals surface area contributed by atoms with Gasteiger partial charge in [0.15, 0.2) is 0 Å². The molecule has 6 heteroatoms. The van der Waals surface area contributed by atoms with Crippen molar-refractivity contribution in [2.45, 2.75) is 38.8 Å². The lowest BCUT2D eigenvalue weighted by Crippen LogP contribution is -2.39. The number of aromatic nitrogens is 2. The van der Waals surface area contributed by atoms with E-state index in [1.54, 1.807) is 6.20 Å². The first-order chi connectivity index (χ1) is 14.4. The van der Waals surface area contributed by atoms with E-state index in [9.17, 15) is 4.79 Å². The van der Waals surface area contributed by atoms with Crippen LogP contribution in [0, 0.1) is 0 Å². The van der Waals surface area contributed by atoms with Gasteiger partial charge in [0.1, 0.15) is 12.2 Å². The molecule has 0 spiro atoms. The Bertz CT molecular complexity index is 992.